The van der Waals surface area contributed by atoms with Crippen LogP contribution in [0.25, 0.3) is 0 Å². The van der Waals surface area contributed by atoms with Gasteiger partial charge in [0, 0.05) is 6.20 Å². The number of fused-ring (bicyclic) bond motifs is 1. The molecule has 4 rings (SSSR count). The van der Waals surface area contributed by atoms with Gasteiger partial charge >= 0.3 is 0 Å². The van der Waals surface area contributed by atoms with Crippen molar-refractivity contribution < 1.29 is 13.6 Å². The van der Waals surface area contributed by atoms with Gasteiger partial charge in [-0.05, 0) is 12.1 Å². The fourth-order valence-corrected chi connectivity index (χ4v) is 2.83. The third-order valence-corrected chi connectivity index (χ3v) is 4.04. The van der Waals surface area contributed by atoms with E-state index in [0.717, 1.165) is 18.1 Å². The molecule has 9 heteroatoms. The first-order valence-electron chi connectivity index (χ1n) is 7.74. The van der Waals surface area contributed by atoms with Crippen LogP contribution >= 0.6 is 0 Å². The van der Waals surface area contributed by atoms with Crippen LogP contribution in [0.15, 0.2) is 47.7 Å². The first-order valence-corrected chi connectivity index (χ1v) is 7.74. The summed E-state index contributed by atoms with van der Waals surface area (Å²) in [4.78, 5) is 26.6. The number of halogens is 1. The Balaban J connectivity index is 1.54. The monoisotopic (exact) mass is 342 g/mol. The van der Waals surface area contributed by atoms with Crippen molar-refractivity contribution in [3.8, 4) is 0 Å². The molecule has 1 N–H and O–H groups in total. The van der Waals surface area contributed by atoms with E-state index in [1.54, 1.807) is 30.9 Å². The summed E-state index contributed by atoms with van der Waals surface area (Å²) in [5.41, 5.74) is 0.859. The van der Waals surface area contributed by atoms with E-state index < -0.39 is 11.9 Å². The van der Waals surface area contributed by atoms with Gasteiger partial charge in [0.1, 0.15) is 11.8 Å². The third kappa shape index (κ3) is 3.08. The lowest BCUT2D eigenvalue weighted by Gasteiger charge is -2.33. The van der Waals surface area contributed by atoms with E-state index in [1.807, 2.05) is 9.47 Å². The van der Waals surface area contributed by atoms with E-state index in [9.17, 15) is 9.18 Å². The Labute approximate surface area is 142 Å². The van der Waals surface area contributed by atoms with Gasteiger partial charge in [0.05, 0.1) is 50.3 Å². The second-order valence-electron chi connectivity index (χ2n) is 5.69. The van der Waals surface area contributed by atoms with Gasteiger partial charge in [-0.3, -0.25) is 4.79 Å². The lowest BCUT2D eigenvalue weighted by molar-refractivity contribution is -0.124. The van der Waals surface area contributed by atoms with Crippen molar-refractivity contribution in [2.75, 3.05) is 11.4 Å². The lowest BCUT2D eigenvalue weighted by Crippen LogP contribution is -2.44. The number of anilines is 1. The summed E-state index contributed by atoms with van der Waals surface area (Å²) in [6, 6.07) is 3.07. The normalized spacial score (nSPS) is 16.5. The van der Waals surface area contributed by atoms with Crippen molar-refractivity contribution in [3.05, 3.63) is 60.6 Å². The van der Waals surface area contributed by atoms with Crippen molar-refractivity contribution in [3.63, 3.8) is 0 Å². The molecule has 0 spiro atoms. The third-order valence-electron chi connectivity index (χ3n) is 4.04. The topological polar surface area (TPSA) is 89.1 Å². The van der Waals surface area contributed by atoms with Crippen molar-refractivity contribution in [1.82, 2.24) is 24.8 Å². The van der Waals surface area contributed by atoms with E-state index in [-0.39, 0.29) is 5.91 Å². The van der Waals surface area contributed by atoms with Crippen LogP contribution < -0.4 is 10.2 Å². The van der Waals surface area contributed by atoms with E-state index >= 15 is 0 Å². The Morgan fingerprint density at radius 3 is 2.96 bits per heavy atom. The van der Waals surface area contributed by atoms with Gasteiger partial charge in [-0.2, -0.15) is 0 Å². The van der Waals surface area contributed by atoms with Crippen molar-refractivity contribution in [2.45, 2.75) is 19.1 Å². The highest BCUT2D eigenvalue weighted by atomic mass is 19.1. The van der Waals surface area contributed by atoms with Crippen LogP contribution in [0.5, 0.6) is 0 Å². The molecule has 0 aromatic carbocycles. The first kappa shape index (κ1) is 15.3. The highest BCUT2D eigenvalue weighted by Crippen LogP contribution is 2.24. The zero-order valence-corrected chi connectivity index (χ0v) is 13.2. The Morgan fingerprint density at radius 1 is 1.36 bits per heavy atom. The Bertz CT molecular complexity index is 861. The predicted molar refractivity (Wildman–Crippen MR) is 84.9 cm³/mol. The molecule has 1 aliphatic heterocycles. The standard InChI is InChI=1S/C16H15FN6O2/c17-11-4-20-16(21-5-11)22-8-12-6-18-10-23(12)14(9-22)15(24)19-7-13-2-1-3-25-13/h1-6,10,14H,7-9H2,(H,19,24). The summed E-state index contributed by atoms with van der Waals surface area (Å²) < 4.78 is 20.1. The molecule has 8 nitrogen and oxygen atoms in total. The molecule has 1 aliphatic rings. The van der Waals surface area contributed by atoms with Gasteiger partial charge in [0.2, 0.25) is 11.9 Å². The average Bonchev–Trinajstić information content (AvgIpc) is 3.30. The molecule has 0 radical (unpaired) electrons. The van der Waals surface area contributed by atoms with Crippen LogP contribution in [0.3, 0.4) is 0 Å². The molecule has 128 valence electrons. The van der Waals surface area contributed by atoms with Gasteiger partial charge in [0.25, 0.3) is 0 Å². The maximum Gasteiger partial charge on any atom is 0.245 e. The van der Waals surface area contributed by atoms with Crippen LogP contribution in [-0.2, 0) is 17.9 Å². The minimum atomic E-state index is -0.501. The minimum Gasteiger partial charge on any atom is -0.467 e. The molecule has 0 aliphatic carbocycles. The van der Waals surface area contributed by atoms with Gasteiger partial charge in [-0.15, -0.1) is 0 Å². The highest BCUT2D eigenvalue weighted by molar-refractivity contribution is 5.81. The summed E-state index contributed by atoms with van der Waals surface area (Å²) in [6.07, 6.45) is 7.11. The molecule has 0 saturated heterocycles. The quantitative estimate of drug-likeness (QED) is 0.768. The van der Waals surface area contributed by atoms with E-state index in [4.69, 9.17) is 4.42 Å². The first-order chi connectivity index (χ1) is 12.2. The number of furan rings is 1. The second kappa shape index (κ2) is 6.34. The molecule has 3 aromatic heterocycles. The number of aromatic nitrogens is 4. The molecule has 0 saturated carbocycles. The average molecular weight is 342 g/mol. The number of nitrogens with zero attached hydrogens (tertiary/aromatic N) is 5. The summed E-state index contributed by atoms with van der Waals surface area (Å²) in [5, 5.41) is 2.86. The van der Waals surface area contributed by atoms with Crippen molar-refractivity contribution >= 4 is 11.9 Å². The molecule has 1 atom stereocenters. The molecule has 25 heavy (non-hydrogen) atoms. The Hall–Kier alpha value is -3.23. The van der Waals surface area contributed by atoms with Gasteiger partial charge in [-0.1, -0.05) is 0 Å². The largest absolute Gasteiger partial charge is 0.467 e. The highest BCUT2D eigenvalue weighted by Gasteiger charge is 2.31. The number of imidazole rings is 1. The maximum absolute atomic E-state index is 13.1. The maximum atomic E-state index is 13.1. The van der Waals surface area contributed by atoms with Gasteiger partial charge < -0.3 is 19.2 Å². The van der Waals surface area contributed by atoms with E-state index in [2.05, 4.69) is 20.3 Å². The molecule has 0 fully saturated rings. The van der Waals surface area contributed by atoms with Crippen molar-refractivity contribution in [2.24, 2.45) is 0 Å². The number of carbonyl (C=O) groups is 1. The fourth-order valence-electron chi connectivity index (χ4n) is 2.83. The summed E-state index contributed by atoms with van der Waals surface area (Å²) in [5.74, 6) is 0.382. The molecule has 3 aromatic rings. The number of nitrogens with one attached hydrogen (secondary N) is 1. The Kier molecular flexibility index (Phi) is 3.88. The van der Waals surface area contributed by atoms with Gasteiger partial charge in [-0.25, -0.2) is 19.3 Å². The minimum absolute atomic E-state index is 0.164. The van der Waals surface area contributed by atoms with Crippen LogP contribution in [0.2, 0.25) is 0 Å². The van der Waals surface area contributed by atoms with E-state index in [0.29, 0.717) is 31.3 Å². The van der Waals surface area contributed by atoms with Crippen molar-refractivity contribution in [1.29, 1.82) is 0 Å². The number of hydrogen-bond donors (Lipinski definition) is 1. The molecule has 1 amide bonds. The zero-order chi connectivity index (χ0) is 17.2. The Morgan fingerprint density at radius 2 is 2.20 bits per heavy atom. The number of carbonyl (C=O) groups excluding carboxylic acids is 1. The molecular formula is C16H15FN6O2. The molecular weight excluding hydrogens is 327 g/mol. The van der Waals surface area contributed by atoms with Crippen LogP contribution in [-0.4, -0.2) is 32.0 Å². The molecule has 0 bridgehead atoms. The SMILES string of the molecule is O=C(NCc1ccco1)C1CN(c2ncc(F)cn2)Cc2cncn21. The van der Waals surface area contributed by atoms with Crippen LogP contribution in [0, 0.1) is 5.82 Å². The van der Waals surface area contributed by atoms with Crippen LogP contribution in [0.1, 0.15) is 17.5 Å². The fraction of sp³-hybridized carbons (Fsp3) is 0.250. The smallest absolute Gasteiger partial charge is 0.245 e. The molecule has 1 unspecified atom stereocenters. The number of rotatable bonds is 4. The van der Waals surface area contributed by atoms with E-state index in [1.165, 1.54) is 0 Å². The number of amides is 1. The summed E-state index contributed by atoms with van der Waals surface area (Å²) >= 11 is 0. The van der Waals surface area contributed by atoms with Crippen LogP contribution in [0.4, 0.5) is 10.3 Å². The zero-order valence-electron chi connectivity index (χ0n) is 13.2. The summed E-state index contributed by atoms with van der Waals surface area (Å²) in [6.45, 7) is 1.16. The summed E-state index contributed by atoms with van der Waals surface area (Å²) in [7, 11) is 0. The second-order valence-corrected chi connectivity index (χ2v) is 5.69. The van der Waals surface area contributed by atoms with Gasteiger partial charge in [0.15, 0.2) is 5.82 Å². The molecule has 4 heterocycles. The predicted octanol–water partition coefficient (Wildman–Crippen LogP) is 1.28. The lowest BCUT2D eigenvalue weighted by atomic mass is 10.1. The number of hydrogen-bond acceptors (Lipinski definition) is 6.